The van der Waals surface area contributed by atoms with E-state index in [1.807, 2.05) is 0 Å². The van der Waals surface area contributed by atoms with Gasteiger partial charge in [0.2, 0.25) is 5.91 Å². The smallest absolute Gasteiger partial charge is 0.238 e. The summed E-state index contributed by atoms with van der Waals surface area (Å²) >= 11 is 0. The minimum Gasteiger partial charge on any atom is -0.375 e. The Labute approximate surface area is 93.3 Å². The lowest BCUT2D eigenvalue weighted by molar-refractivity contribution is -0.115. The highest BCUT2D eigenvalue weighted by Crippen LogP contribution is 2.20. The zero-order valence-corrected chi connectivity index (χ0v) is 9.12. The maximum atomic E-state index is 13.5. The van der Waals surface area contributed by atoms with Gasteiger partial charge in [-0.3, -0.25) is 4.79 Å². The number of amides is 1. The van der Waals surface area contributed by atoms with Crippen LogP contribution in [0.2, 0.25) is 0 Å². The zero-order chi connectivity index (χ0) is 12.1. The number of carbonyl (C=O) groups excluding carboxylic acids is 1. The lowest BCUT2D eigenvalue weighted by Gasteiger charge is -2.14. The Morgan fingerprint density at radius 1 is 1.56 bits per heavy atom. The summed E-state index contributed by atoms with van der Waals surface area (Å²) in [5.41, 5.74) is 0.793. The van der Waals surface area contributed by atoms with Crippen LogP contribution in [0.4, 0.5) is 15.8 Å². The fourth-order valence-corrected chi connectivity index (χ4v) is 1.22. The number of hydrogen-bond donors (Lipinski definition) is 1. The number of nitrogens with one attached hydrogen (secondary N) is 1. The SMILES string of the molecule is CN(C)c1ccc(NC(=O)CC#N)cc1F. The van der Waals surface area contributed by atoms with Gasteiger partial charge in [0.1, 0.15) is 12.2 Å². The van der Waals surface area contributed by atoms with Gasteiger partial charge in [0.25, 0.3) is 0 Å². The lowest BCUT2D eigenvalue weighted by atomic mass is 10.2. The van der Waals surface area contributed by atoms with E-state index in [9.17, 15) is 9.18 Å². The summed E-state index contributed by atoms with van der Waals surface area (Å²) in [5, 5.41) is 10.7. The first-order chi connectivity index (χ1) is 7.54. The summed E-state index contributed by atoms with van der Waals surface area (Å²) < 4.78 is 13.5. The Kier molecular flexibility index (Phi) is 3.84. The van der Waals surface area contributed by atoms with Crippen molar-refractivity contribution in [2.45, 2.75) is 6.42 Å². The summed E-state index contributed by atoms with van der Waals surface area (Å²) in [6.45, 7) is 0. The van der Waals surface area contributed by atoms with E-state index in [0.29, 0.717) is 11.4 Å². The fraction of sp³-hybridized carbons (Fsp3) is 0.273. The Bertz CT molecular complexity index is 437. The molecule has 0 radical (unpaired) electrons. The van der Waals surface area contributed by atoms with E-state index in [-0.39, 0.29) is 6.42 Å². The maximum Gasteiger partial charge on any atom is 0.238 e. The molecule has 16 heavy (non-hydrogen) atoms. The molecule has 1 aromatic carbocycles. The normalized spacial score (nSPS) is 9.38. The van der Waals surface area contributed by atoms with Crippen molar-refractivity contribution in [3.63, 3.8) is 0 Å². The first-order valence-electron chi connectivity index (χ1n) is 4.68. The minimum atomic E-state index is -0.445. The van der Waals surface area contributed by atoms with Gasteiger partial charge in [-0.25, -0.2) is 4.39 Å². The molecule has 0 aliphatic rings. The molecule has 84 valence electrons. The molecule has 0 spiro atoms. The van der Waals surface area contributed by atoms with E-state index in [0.717, 1.165) is 0 Å². The molecule has 0 atom stereocenters. The molecule has 0 aliphatic carbocycles. The van der Waals surface area contributed by atoms with Gasteiger partial charge in [0, 0.05) is 19.8 Å². The summed E-state index contributed by atoms with van der Waals surface area (Å²) in [6, 6.07) is 6.10. The molecule has 0 heterocycles. The van der Waals surface area contributed by atoms with Crippen molar-refractivity contribution in [2.24, 2.45) is 0 Å². The third-order valence-electron chi connectivity index (χ3n) is 1.95. The molecular weight excluding hydrogens is 209 g/mol. The Balaban J connectivity index is 2.82. The Morgan fingerprint density at radius 3 is 2.75 bits per heavy atom. The van der Waals surface area contributed by atoms with E-state index >= 15 is 0 Å². The monoisotopic (exact) mass is 221 g/mol. The topological polar surface area (TPSA) is 56.1 Å². The zero-order valence-electron chi connectivity index (χ0n) is 9.12. The molecule has 1 rings (SSSR count). The second kappa shape index (κ2) is 5.12. The quantitative estimate of drug-likeness (QED) is 0.845. The number of hydrogen-bond acceptors (Lipinski definition) is 3. The van der Waals surface area contributed by atoms with Gasteiger partial charge in [0.05, 0.1) is 11.8 Å². The van der Waals surface area contributed by atoms with Crippen molar-refractivity contribution in [3.8, 4) is 6.07 Å². The van der Waals surface area contributed by atoms with Crippen molar-refractivity contribution in [3.05, 3.63) is 24.0 Å². The van der Waals surface area contributed by atoms with E-state index in [4.69, 9.17) is 5.26 Å². The third kappa shape index (κ3) is 2.95. The summed E-state index contributed by atoms with van der Waals surface area (Å²) in [5.74, 6) is -0.862. The summed E-state index contributed by atoms with van der Waals surface area (Å²) in [7, 11) is 3.46. The van der Waals surface area contributed by atoms with Gasteiger partial charge in [-0.15, -0.1) is 0 Å². The molecule has 1 amide bonds. The van der Waals surface area contributed by atoms with E-state index in [2.05, 4.69) is 5.32 Å². The third-order valence-corrected chi connectivity index (χ3v) is 1.95. The van der Waals surface area contributed by atoms with E-state index in [1.165, 1.54) is 6.07 Å². The van der Waals surface area contributed by atoms with Crippen molar-refractivity contribution >= 4 is 17.3 Å². The van der Waals surface area contributed by atoms with Gasteiger partial charge >= 0.3 is 0 Å². The van der Waals surface area contributed by atoms with Crippen LogP contribution in [0.25, 0.3) is 0 Å². The molecule has 0 saturated carbocycles. The second-order valence-corrected chi connectivity index (χ2v) is 3.44. The number of halogens is 1. The van der Waals surface area contributed by atoms with Crippen LogP contribution in [0.1, 0.15) is 6.42 Å². The number of nitriles is 1. The van der Waals surface area contributed by atoms with Crippen LogP contribution in [-0.2, 0) is 4.79 Å². The molecule has 1 N–H and O–H groups in total. The summed E-state index contributed by atoms with van der Waals surface area (Å²) in [6.07, 6.45) is -0.239. The first-order valence-corrected chi connectivity index (χ1v) is 4.68. The number of nitrogens with zero attached hydrogens (tertiary/aromatic N) is 2. The molecule has 1 aromatic rings. The van der Waals surface area contributed by atoms with E-state index < -0.39 is 11.7 Å². The molecule has 0 fully saturated rings. The van der Waals surface area contributed by atoms with Crippen LogP contribution in [0.15, 0.2) is 18.2 Å². The van der Waals surface area contributed by atoms with Gasteiger partial charge in [0.15, 0.2) is 0 Å². The minimum absolute atomic E-state index is 0.239. The van der Waals surface area contributed by atoms with Crippen molar-refractivity contribution < 1.29 is 9.18 Å². The van der Waals surface area contributed by atoms with Crippen LogP contribution in [-0.4, -0.2) is 20.0 Å². The first kappa shape index (κ1) is 12.0. The average molecular weight is 221 g/mol. The molecule has 4 nitrogen and oxygen atoms in total. The molecule has 0 aromatic heterocycles. The van der Waals surface area contributed by atoms with Crippen LogP contribution < -0.4 is 10.2 Å². The lowest BCUT2D eigenvalue weighted by Crippen LogP contribution is -2.13. The highest BCUT2D eigenvalue weighted by atomic mass is 19.1. The van der Waals surface area contributed by atoms with Crippen LogP contribution >= 0.6 is 0 Å². The predicted molar refractivity (Wildman–Crippen MR) is 59.6 cm³/mol. The van der Waals surface area contributed by atoms with Gasteiger partial charge in [-0.2, -0.15) is 5.26 Å². The Morgan fingerprint density at radius 2 is 2.25 bits per heavy atom. The van der Waals surface area contributed by atoms with Crippen molar-refractivity contribution in [1.82, 2.24) is 0 Å². The van der Waals surface area contributed by atoms with Gasteiger partial charge in [-0.1, -0.05) is 0 Å². The number of rotatable bonds is 3. The maximum absolute atomic E-state index is 13.5. The standard InChI is InChI=1S/C11H12FN3O/c1-15(2)10-4-3-8(7-9(10)12)14-11(16)5-6-13/h3-4,7H,5H2,1-2H3,(H,14,16). The van der Waals surface area contributed by atoms with Crippen LogP contribution in [0, 0.1) is 17.1 Å². The molecule has 0 unspecified atom stereocenters. The molecule has 0 bridgehead atoms. The highest BCUT2D eigenvalue weighted by Gasteiger charge is 2.07. The molecular formula is C11H12FN3O. The van der Waals surface area contributed by atoms with Crippen molar-refractivity contribution in [2.75, 3.05) is 24.3 Å². The van der Waals surface area contributed by atoms with Crippen molar-refractivity contribution in [1.29, 1.82) is 5.26 Å². The average Bonchev–Trinajstić information content (AvgIpc) is 2.17. The van der Waals surface area contributed by atoms with Gasteiger partial charge < -0.3 is 10.2 Å². The molecule has 0 saturated heterocycles. The van der Waals surface area contributed by atoms with Gasteiger partial charge in [-0.05, 0) is 18.2 Å². The van der Waals surface area contributed by atoms with Crippen LogP contribution in [0.3, 0.4) is 0 Å². The number of anilines is 2. The summed E-state index contributed by atoms with van der Waals surface area (Å²) in [4.78, 5) is 12.7. The Hall–Kier alpha value is -2.09. The highest BCUT2D eigenvalue weighted by molar-refractivity contribution is 5.92. The molecule has 0 aliphatic heterocycles. The predicted octanol–water partition coefficient (Wildman–Crippen LogP) is 1.74. The van der Waals surface area contributed by atoms with Crippen LogP contribution in [0.5, 0.6) is 0 Å². The number of carbonyl (C=O) groups is 1. The van der Waals surface area contributed by atoms with E-state index in [1.54, 1.807) is 37.2 Å². The number of benzene rings is 1. The largest absolute Gasteiger partial charge is 0.375 e. The second-order valence-electron chi connectivity index (χ2n) is 3.44. The fourth-order valence-electron chi connectivity index (χ4n) is 1.22. The molecule has 5 heteroatoms.